The first-order valence-electron chi connectivity index (χ1n) is 6.94. The Morgan fingerprint density at radius 3 is 0.793 bits per heavy atom. The minimum Gasteiger partial charge on any atom is -0.406 e. The van der Waals surface area contributed by atoms with Crippen LogP contribution in [-0.2, 0) is 12.3 Å². The largest absolute Gasteiger partial charge is 0.444 e. The van der Waals surface area contributed by atoms with Crippen LogP contribution >= 0.6 is 0 Å². The lowest BCUT2D eigenvalue weighted by Crippen LogP contribution is -2.73. The fraction of sp³-hybridized carbons (Fsp3) is 1.00. The van der Waals surface area contributed by atoms with Crippen LogP contribution in [0.15, 0.2) is 0 Å². The number of halogens is 12. The van der Waals surface area contributed by atoms with E-state index in [0.717, 1.165) is 0 Å². The van der Waals surface area contributed by atoms with Gasteiger partial charge in [0.1, 0.15) is 0 Å². The van der Waals surface area contributed by atoms with Crippen molar-refractivity contribution in [2.24, 2.45) is 0 Å². The van der Waals surface area contributed by atoms with E-state index in [2.05, 4.69) is 12.3 Å². The maximum absolute atomic E-state index is 13.3. The molecule has 0 aliphatic rings. The second-order valence-electron chi connectivity index (χ2n) is 6.15. The van der Waals surface area contributed by atoms with Crippen molar-refractivity contribution in [2.75, 3.05) is 0 Å². The minimum absolute atomic E-state index is 0.235. The SMILES string of the molecule is C[Si](O)(O[Si](C)(O[Si](C)(O[Si](C)(O)C(F)(F)F)C(F)(F)F)C(F)(F)F)C(F)(F)F. The average Bonchev–Trinajstić information content (AvgIpc) is 2.30. The zero-order chi connectivity index (χ0) is 24.1. The van der Waals surface area contributed by atoms with Crippen molar-refractivity contribution in [3.8, 4) is 0 Å². The van der Waals surface area contributed by atoms with Gasteiger partial charge in [-0.25, -0.2) is 0 Å². The molecule has 4 atom stereocenters. The molecular weight excluding hydrogens is 516 g/mol. The number of hydrogen-bond donors (Lipinski definition) is 2. The summed E-state index contributed by atoms with van der Waals surface area (Å²) in [5, 5.41) is 0. The van der Waals surface area contributed by atoms with Gasteiger partial charge in [-0.2, -0.15) is 52.7 Å². The third kappa shape index (κ3) is 6.41. The molecule has 29 heavy (non-hydrogen) atoms. The summed E-state index contributed by atoms with van der Waals surface area (Å²) >= 11 is 0. The monoisotopic (exact) mass is 530 g/mol. The third-order valence-electron chi connectivity index (χ3n) is 3.26. The number of alkyl halides is 12. The molecule has 0 saturated heterocycles. The van der Waals surface area contributed by atoms with E-state index in [1.807, 2.05) is 0 Å². The zero-order valence-corrected chi connectivity index (χ0v) is 18.7. The van der Waals surface area contributed by atoms with E-state index >= 15 is 0 Å². The van der Waals surface area contributed by atoms with Gasteiger partial charge in [-0.3, -0.25) is 0 Å². The number of hydrogen-bond acceptors (Lipinski definition) is 5. The Kier molecular flexibility index (Phi) is 7.71. The highest BCUT2D eigenvalue weighted by Gasteiger charge is 2.75. The molecule has 21 heteroatoms. The molecule has 0 aromatic rings. The summed E-state index contributed by atoms with van der Waals surface area (Å²) in [4.78, 5) is 18.5. The normalized spacial score (nSPS) is 23.0. The van der Waals surface area contributed by atoms with Crippen molar-refractivity contribution in [3.63, 3.8) is 0 Å². The van der Waals surface area contributed by atoms with Gasteiger partial charge in [-0.1, -0.05) is 0 Å². The standard InChI is InChI=1S/C8H14F12O5Si4/c1-26(21,5(9,10)11)23-28(3,7(15,16)17)25-29(4,8(18,19)20)24-27(2,22)6(12,13)14/h21-22H,1-4H3. The summed E-state index contributed by atoms with van der Waals surface area (Å²) in [7, 11) is -26.2. The molecule has 0 aliphatic heterocycles. The van der Waals surface area contributed by atoms with Gasteiger partial charge in [0.05, 0.1) is 0 Å². The Hall–Kier alpha value is -0.172. The van der Waals surface area contributed by atoms with Crippen LogP contribution in [0.3, 0.4) is 0 Å². The number of rotatable bonds is 6. The summed E-state index contributed by atoms with van der Waals surface area (Å²) in [6.45, 7) is -1.18. The van der Waals surface area contributed by atoms with Crippen molar-refractivity contribution in [3.05, 3.63) is 0 Å². The third-order valence-corrected chi connectivity index (χ3v) is 16.8. The maximum atomic E-state index is 13.3. The highest BCUT2D eigenvalue weighted by atomic mass is 28.5. The summed E-state index contributed by atoms with van der Waals surface area (Å²) in [5.74, 6) is -23.7. The summed E-state index contributed by atoms with van der Waals surface area (Å²) < 4.78 is 167. The van der Waals surface area contributed by atoms with Crippen LogP contribution in [0.1, 0.15) is 0 Å². The second kappa shape index (κ2) is 7.75. The smallest absolute Gasteiger partial charge is 0.406 e. The molecule has 0 fully saturated rings. The first-order chi connectivity index (χ1) is 12.1. The van der Waals surface area contributed by atoms with Crippen LogP contribution in [0.5, 0.6) is 0 Å². The van der Waals surface area contributed by atoms with Crippen LogP contribution < -0.4 is 0 Å². The van der Waals surface area contributed by atoms with Crippen LogP contribution in [0, 0.1) is 0 Å². The zero-order valence-electron chi connectivity index (χ0n) is 14.7. The summed E-state index contributed by atoms with van der Waals surface area (Å²) in [5.41, 5.74) is 0. The molecule has 4 unspecified atom stereocenters. The molecule has 0 amide bonds. The van der Waals surface area contributed by atoms with Crippen LogP contribution in [-0.4, -0.2) is 67.0 Å². The van der Waals surface area contributed by atoms with Crippen molar-refractivity contribution < 1.29 is 74.6 Å². The highest BCUT2D eigenvalue weighted by molar-refractivity contribution is 6.90. The van der Waals surface area contributed by atoms with E-state index in [1.165, 1.54) is 0 Å². The fourth-order valence-electron chi connectivity index (χ4n) is 1.52. The predicted molar refractivity (Wildman–Crippen MR) is 78.4 cm³/mol. The first-order valence-corrected chi connectivity index (χ1v) is 16.3. The molecule has 0 heterocycles. The molecule has 176 valence electrons. The van der Waals surface area contributed by atoms with Crippen LogP contribution in [0.25, 0.3) is 0 Å². The molecule has 2 N–H and O–H groups in total. The van der Waals surface area contributed by atoms with Gasteiger partial charge in [0, 0.05) is 0 Å². The molecule has 0 radical (unpaired) electrons. The van der Waals surface area contributed by atoms with Gasteiger partial charge < -0.3 is 21.9 Å². The molecule has 5 nitrogen and oxygen atoms in total. The minimum atomic E-state index is -6.75. The van der Waals surface area contributed by atoms with Crippen molar-refractivity contribution >= 4 is 34.2 Å². The van der Waals surface area contributed by atoms with E-state index in [1.54, 1.807) is 0 Å². The van der Waals surface area contributed by atoms with Gasteiger partial charge in [0.2, 0.25) is 0 Å². The van der Waals surface area contributed by atoms with Gasteiger partial charge in [0.15, 0.2) is 0 Å². The van der Waals surface area contributed by atoms with E-state index in [9.17, 15) is 62.3 Å². The van der Waals surface area contributed by atoms with E-state index in [-0.39, 0.29) is 26.2 Å². The molecular formula is C8H14F12O5Si4. The molecule has 0 aromatic heterocycles. The first kappa shape index (κ1) is 28.8. The quantitative estimate of drug-likeness (QED) is 0.405. The van der Waals surface area contributed by atoms with Gasteiger partial charge in [0.25, 0.3) is 0 Å². The van der Waals surface area contributed by atoms with Crippen LogP contribution in [0.4, 0.5) is 52.7 Å². The average molecular weight is 531 g/mol. The molecule has 0 spiro atoms. The highest BCUT2D eigenvalue weighted by Crippen LogP contribution is 2.44. The van der Waals surface area contributed by atoms with Gasteiger partial charge in [-0.05, 0) is 26.2 Å². The van der Waals surface area contributed by atoms with E-state index in [0.29, 0.717) is 0 Å². The maximum Gasteiger partial charge on any atom is 0.444 e. The molecule has 0 rings (SSSR count). The lowest BCUT2D eigenvalue weighted by atomic mass is 11.5. The topological polar surface area (TPSA) is 68.2 Å². The van der Waals surface area contributed by atoms with E-state index in [4.69, 9.17) is 0 Å². The predicted octanol–water partition coefficient (Wildman–Crippen LogP) is 3.71. The van der Waals surface area contributed by atoms with Crippen molar-refractivity contribution in [1.82, 2.24) is 0 Å². The Labute approximate surface area is 159 Å². The van der Waals surface area contributed by atoms with Gasteiger partial charge in [-0.15, -0.1) is 0 Å². The Morgan fingerprint density at radius 2 is 0.655 bits per heavy atom. The van der Waals surface area contributed by atoms with Crippen molar-refractivity contribution in [2.45, 2.75) is 49.4 Å². The molecule has 0 aromatic carbocycles. The molecule has 0 aliphatic carbocycles. The van der Waals surface area contributed by atoms with Gasteiger partial charge >= 0.3 is 57.4 Å². The second-order valence-corrected chi connectivity index (χ2v) is 18.6. The lowest BCUT2D eigenvalue weighted by molar-refractivity contribution is -0.118. The fourth-order valence-corrected chi connectivity index (χ4v) is 14.4. The van der Waals surface area contributed by atoms with Crippen molar-refractivity contribution in [1.29, 1.82) is 0 Å². The molecule has 0 saturated carbocycles. The van der Waals surface area contributed by atoms with E-state index < -0.39 is 57.4 Å². The van der Waals surface area contributed by atoms with Crippen LogP contribution in [0.2, 0.25) is 26.2 Å². The summed E-state index contributed by atoms with van der Waals surface area (Å²) in [6.07, 6.45) is 0. The lowest BCUT2D eigenvalue weighted by Gasteiger charge is -2.42. The Bertz CT molecular complexity index is 537. The Morgan fingerprint density at radius 1 is 0.448 bits per heavy atom. The summed E-state index contributed by atoms with van der Waals surface area (Å²) in [6, 6.07) is 0. The molecule has 0 bridgehead atoms. The Balaban J connectivity index is 6.41.